The number of rotatable bonds is 2. The smallest absolute Gasteiger partial charge is 0.184 e. The van der Waals surface area contributed by atoms with Crippen LogP contribution >= 0.6 is 22.9 Å². The Kier molecular flexibility index (Phi) is 3.31. The molecule has 0 aliphatic carbocycles. The van der Waals surface area contributed by atoms with E-state index in [0.29, 0.717) is 4.47 Å². The van der Waals surface area contributed by atoms with Crippen LogP contribution in [0.5, 0.6) is 0 Å². The largest absolute Gasteiger partial charge is 0.225 e. The summed E-state index contributed by atoms with van der Waals surface area (Å²) in [5.41, 5.74) is 4.77. The minimum Gasteiger partial charge on any atom is -0.225 e. The molecule has 3 heteroatoms. The van der Waals surface area contributed by atoms with Gasteiger partial charge in [-0.15, -0.1) is 11.3 Å². The summed E-state index contributed by atoms with van der Waals surface area (Å²) in [5, 5.41) is 0. The van der Waals surface area contributed by atoms with Crippen molar-refractivity contribution in [3.63, 3.8) is 0 Å². The van der Waals surface area contributed by atoms with Crippen molar-refractivity contribution in [2.45, 2.75) is 27.2 Å². The lowest BCUT2D eigenvalue weighted by atomic mass is 10.0. The first-order chi connectivity index (χ1) is 7.61. The second-order valence-corrected chi connectivity index (χ2v) is 5.58. The SMILES string of the molecule is CCc1sc(Cl)nc1-c1cc(C)ccc1C. The average molecular weight is 252 g/mol. The summed E-state index contributed by atoms with van der Waals surface area (Å²) in [7, 11) is 0. The van der Waals surface area contributed by atoms with Crippen LogP contribution in [-0.4, -0.2) is 4.98 Å². The number of aryl methyl sites for hydroxylation is 3. The second-order valence-electron chi connectivity index (χ2n) is 3.91. The van der Waals surface area contributed by atoms with Crippen LogP contribution in [0.3, 0.4) is 0 Å². The third-order valence-corrected chi connectivity index (χ3v) is 3.94. The van der Waals surface area contributed by atoms with Gasteiger partial charge in [-0.2, -0.15) is 0 Å². The molecule has 0 saturated heterocycles. The van der Waals surface area contributed by atoms with Crippen molar-refractivity contribution < 1.29 is 0 Å². The molecule has 2 aromatic rings. The summed E-state index contributed by atoms with van der Waals surface area (Å²) < 4.78 is 0.632. The summed E-state index contributed by atoms with van der Waals surface area (Å²) in [6.45, 7) is 6.35. The Morgan fingerprint density at radius 2 is 2.06 bits per heavy atom. The molecule has 0 amide bonds. The van der Waals surface area contributed by atoms with E-state index in [2.05, 4.69) is 44.0 Å². The molecule has 1 heterocycles. The molecule has 0 N–H and O–H groups in total. The van der Waals surface area contributed by atoms with Gasteiger partial charge in [-0.05, 0) is 31.9 Å². The molecule has 0 saturated carbocycles. The molecule has 1 aromatic carbocycles. The van der Waals surface area contributed by atoms with Gasteiger partial charge in [0.25, 0.3) is 0 Å². The predicted molar refractivity (Wildman–Crippen MR) is 71.4 cm³/mol. The van der Waals surface area contributed by atoms with Gasteiger partial charge in [0.05, 0.1) is 5.69 Å². The van der Waals surface area contributed by atoms with Crippen molar-refractivity contribution in [2.24, 2.45) is 0 Å². The summed E-state index contributed by atoms with van der Waals surface area (Å²) >= 11 is 7.57. The molecule has 1 nitrogen and oxygen atoms in total. The number of aromatic nitrogens is 1. The Hall–Kier alpha value is -0.860. The van der Waals surface area contributed by atoms with Gasteiger partial charge in [0, 0.05) is 10.4 Å². The summed E-state index contributed by atoms with van der Waals surface area (Å²) in [5.74, 6) is 0. The molecule has 0 atom stereocenters. The van der Waals surface area contributed by atoms with Crippen LogP contribution in [0.1, 0.15) is 22.9 Å². The second kappa shape index (κ2) is 4.56. The van der Waals surface area contributed by atoms with Crippen molar-refractivity contribution in [3.05, 3.63) is 38.7 Å². The predicted octanol–water partition coefficient (Wildman–Crippen LogP) is 4.64. The molecule has 84 valence electrons. The van der Waals surface area contributed by atoms with Gasteiger partial charge in [0.2, 0.25) is 0 Å². The van der Waals surface area contributed by atoms with Gasteiger partial charge >= 0.3 is 0 Å². The van der Waals surface area contributed by atoms with E-state index in [0.717, 1.165) is 12.1 Å². The molecule has 0 fully saturated rings. The van der Waals surface area contributed by atoms with Crippen LogP contribution in [0, 0.1) is 13.8 Å². The molecule has 0 aliphatic rings. The van der Waals surface area contributed by atoms with Crippen molar-refractivity contribution in [1.29, 1.82) is 0 Å². The van der Waals surface area contributed by atoms with E-state index < -0.39 is 0 Å². The first-order valence-corrected chi connectivity index (χ1v) is 6.54. The maximum atomic E-state index is 5.99. The van der Waals surface area contributed by atoms with Crippen LogP contribution < -0.4 is 0 Å². The highest BCUT2D eigenvalue weighted by Crippen LogP contribution is 2.33. The van der Waals surface area contributed by atoms with Gasteiger partial charge in [0.15, 0.2) is 4.47 Å². The fourth-order valence-corrected chi connectivity index (χ4v) is 2.86. The zero-order chi connectivity index (χ0) is 11.7. The van der Waals surface area contributed by atoms with E-state index in [1.165, 1.54) is 21.6 Å². The van der Waals surface area contributed by atoms with Crippen molar-refractivity contribution in [2.75, 3.05) is 0 Å². The normalized spacial score (nSPS) is 10.8. The molecule has 0 radical (unpaired) electrons. The minimum absolute atomic E-state index is 0.632. The molecule has 0 spiro atoms. The highest BCUT2D eigenvalue weighted by molar-refractivity contribution is 7.16. The number of hydrogen-bond donors (Lipinski definition) is 0. The Bertz CT molecular complexity index is 517. The standard InChI is InChI=1S/C13H14ClNS/c1-4-11-12(15-13(14)16-11)10-7-8(2)5-6-9(10)3/h5-7H,4H2,1-3H3. The number of hydrogen-bond acceptors (Lipinski definition) is 2. The topological polar surface area (TPSA) is 12.9 Å². The van der Waals surface area contributed by atoms with Gasteiger partial charge in [-0.1, -0.05) is 36.2 Å². The number of thiazole rings is 1. The molecule has 0 unspecified atom stereocenters. The maximum absolute atomic E-state index is 5.99. The lowest BCUT2D eigenvalue weighted by molar-refractivity contribution is 1.17. The Labute approximate surface area is 105 Å². The first kappa shape index (κ1) is 11.6. The van der Waals surface area contributed by atoms with Crippen molar-refractivity contribution in [1.82, 2.24) is 4.98 Å². The maximum Gasteiger partial charge on any atom is 0.184 e. The third-order valence-electron chi connectivity index (χ3n) is 2.64. The summed E-state index contributed by atoms with van der Waals surface area (Å²) in [6.07, 6.45) is 0.979. The molecule has 0 bridgehead atoms. The highest BCUT2D eigenvalue weighted by atomic mass is 35.5. The van der Waals surface area contributed by atoms with E-state index >= 15 is 0 Å². The van der Waals surface area contributed by atoms with E-state index in [4.69, 9.17) is 11.6 Å². The fraction of sp³-hybridized carbons (Fsp3) is 0.308. The van der Waals surface area contributed by atoms with Crippen LogP contribution in [0.2, 0.25) is 4.47 Å². The van der Waals surface area contributed by atoms with Gasteiger partial charge in [-0.3, -0.25) is 0 Å². The van der Waals surface area contributed by atoms with E-state index in [1.54, 1.807) is 11.3 Å². The quantitative estimate of drug-likeness (QED) is 0.758. The monoisotopic (exact) mass is 251 g/mol. The lowest BCUT2D eigenvalue weighted by Gasteiger charge is -2.06. The fourth-order valence-electron chi connectivity index (χ4n) is 1.76. The molecular formula is C13H14ClNS. The van der Waals surface area contributed by atoms with Crippen LogP contribution in [0.15, 0.2) is 18.2 Å². The number of nitrogens with zero attached hydrogens (tertiary/aromatic N) is 1. The molecule has 1 aromatic heterocycles. The van der Waals surface area contributed by atoms with Crippen molar-refractivity contribution >= 4 is 22.9 Å². The van der Waals surface area contributed by atoms with Crippen LogP contribution in [0.25, 0.3) is 11.3 Å². The minimum atomic E-state index is 0.632. The van der Waals surface area contributed by atoms with Crippen molar-refractivity contribution in [3.8, 4) is 11.3 Å². The highest BCUT2D eigenvalue weighted by Gasteiger charge is 2.12. The first-order valence-electron chi connectivity index (χ1n) is 5.34. The molecule has 0 aliphatic heterocycles. The van der Waals surface area contributed by atoms with Crippen LogP contribution in [0.4, 0.5) is 0 Å². The van der Waals surface area contributed by atoms with Crippen LogP contribution in [-0.2, 0) is 6.42 Å². The molecular weight excluding hydrogens is 238 g/mol. The Morgan fingerprint density at radius 3 is 2.75 bits per heavy atom. The zero-order valence-corrected chi connectivity index (χ0v) is 11.2. The van der Waals surface area contributed by atoms with Gasteiger partial charge in [0.1, 0.15) is 0 Å². The Morgan fingerprint density at radius 1 is 1.31 bits per heavy atom. The average Bonchev–Trinajstić information content (AvgIpc) is 2.63. The molecule has 16 heavy (non-hydrogen) atoms. The molecule has 2 rings (SSSR count). The zero-order valence-electron chi connectivity index (χ0n) is 9.67. The number of benzene rings is 1. The third kappa shape index (κ3) is 2.13. The van der Waals surface area contributed by atoms with Gasteiger partial charge in [-0.25, -0.2) is 4.98 Å². The van der Waals surface area contributed by atoms with Gasteiger partial charge < -0.3 is 0 Å². The summed E-state index contributed by atoms with van der Waals surface area (Å²) in [4.78, 5) is 5.70. The Balaban J connectivity index is 2.61. The number of halogens is 1. The lowest BCUT2D eigenvalue weighted by Crippen LogP contribution is -1.88. The van der Waals surface area contributed by atoms with E-state index in [1.807, 2.05) is 0 Å². The van der Waals surface area contributed by atoms with E-state index in [9.17, 15) is 0 Å². The summed E-state index contributed by atoms with van der Waals surface area (Å²) in [6, 6.07) is 6.44. The van der Waals surface area contributed by atoms with E-state index in [-0.39, 0.29) is 0 Å².